The molecule has 0 nitrogen and oxygen atoms in total. The van der Waals surface area contributed by atoms with Crippen LogP contribution in [-0.4, -0.2) is 0 Å². The molecule has 0 heterocycles. The first-order chi connectivity index (χ1) is 19.1. The van der Waals surface area contributed by atoms with E-state index in [9.17, 15) is 0 Å². The van der Waals surface area contributed by atoms with E-state index in [0.29, 0.717) is 0 Å². The molecule has 0 spiro atoms. The first-order valence-electron chi connectivity index (χ1n) is 15.5. The number of benzene rings is 4. The zero-order valence-electron chi connectivity index (χ0n) is 24.7. The van der Waals surface area contributed by atoms with E-state index < -0.39 is 0 Å². The highest BCUT2D eigenvalue weighted by Gasteiger charge is 2.42. The molecule has 4 aromatic rings. The van der Waals surface area contributed by atoms with Gasteiger partial charge in [0, 0.05) is 5.41 Å². The van der Waals surface area contributed by atoms with E-state index in [2.05, 4.69) is 113 Å². The van der Waals surface area contributed by atoms with Crippen LogP contribution in [0, 0.1) is 13.8 Å². The number of aryl methyl sites for hydroxylation is 2. The number of fused-ring (bicyclic) bond motifs is 3. The molecular weight excluding hydrogens is 468 g/mol. The lowest BCUT2D eigenvalue weighted by atomic mass is 9.70. The standard InChI is InChI=1S/C39H46/c1-5-7-9-11-25-39(26-12-10-8-6-2)37-27-33(31-17-13-29(3)14-18-31)21-23-35(37)36-24-22-34(28-38(36)39)32-19-15-30(4)16-20-32/h13-24,27-28H,5-12,25-26H2,1-4H3. The number of hydrogen-bond acceptors (Lipinski definition) is 0. The van der Waals surface area contributed by atoms with E-state index >= 15 is 0 Å². The normalized spacial score (nSPS) is 13.3. The quantitative estimate of drug-likeness (QED) is 0.165. The van der Waals surface area contributed by atoms with E-state index in [1.807, 2.05) is 0 Å². The summed E-state index contributed by atoms with van der Waals surface area (Å²) in [5.74, 6) is 0. The molecule has 0 heteroatoms. The van der Waals surface area contributed by atoms with Crippen LogP contribution in [0.5, 0.6) is 0 Å². The van der Waals surface area contributed by atoms with Gasteiger partial charge in [0.1, 0.15) is 0 Å². The topological polar surface area (TPSA) is 0 Å². The van der Waals surface area contributed by atoms with Crippen molar-refractivity contribution in [1.82, 2.24) is 0 Å². The molecule has 0 N–H and O–H groups in total. The van der Waals surface area contributed by atoms with Gasteiger partial charge in [0.2, 0.25) is 0 Å². The van der Waals surface area contributed by atoms with E-state index in [0.717, 1.165) is 0 Å². The fourth-order valence-electron chi connectivity index (χ4n) is 6.72. The Bertz CT molecular complexity index is 1260. The molecule has 0 saturated heterocycles. The van der Waals surface area contributed by atoms with E-state index in [1.165, 1.54) is 109 Å². The second kappa shape index (κ2) is 12.4. The lowest BCUT2D eigenvalue weighted by Crippen LogP contribution is -2.25. The van der Waals surface area contributed by atoms with Crippen molar-refractivity contribution in [2.75, 3.05) is 0 Å². The molecule has 0 bridgehead atoms. The molecule has 39 heavy (non-hydrogen) atoms. The lowest BCUT2D eigenvalue weighted by Gasteiger charge is -2.33. The largest absolute Gasteiger partial charge is 0.0654 e. The summed E-state index contributed by atoms with van der Waals surface area (Å²) >= 11 is 0. The summed E-state index contributed by atoms with van der Waals surface area (Å²) in [6.45, 7) is 8.99. The van der Waals surface area contributed by atoms with E-state index in [-0.39, 0.29) is 5.41 Å². The van der Waals surface area contributed by atoms with Crippen LogP contribution in [-0.2, 0) is 5.41 Å². The molecule has 0 amide bonds. The Morgan fingerprint density at radius 1 is 0.436 bits per heavy atom. The predicted octanol–water partition coefficient (Wildman–Crippen LogP) is 11.8. The van der Waals surface area contributed by atoms with Crippen molar-refractivity contribution in [2.45, 2.75) is 97.3 Å². The summed E-state index contributed by atoms with van der Waals surface area (Å²) in [5.41, 5.74) is 14.1. The fraction of sp³-hybridized carbons (Fsp3) is 0.385. The van der Waals surface area contributed by atoms with Crippen LogP contribution in [0.4, 0.5) is 0 Å². The zero-order chi connectivity index (χ0) is 27.2. The third-order valence-electron chi connectivity index (χ3n) is 9.04. The molecule has 0 saturated carbocycles. The Kier molecular flexibility index (Phi) is 8.71. The molecule has 202 valence electrons. The average molecular weight is 515 g/mol. The Labute approximate surface area is 237 Å². The molecule has 0 fully saturated rings. The maximum absolute atomic E-state index is 2.56. The fourth-order valence-corrected chi connectivity index (χ4v) is 6.72. The van der Waals surface area contributed by atoms with Gasteiger partial charge in [0.15, 0.2) is 0 Å². The molecular formula is C39H46. The van der Waals surface area contributed by atoms with Gasteiger partial charge < -0.3 is 0 Å². The van der Waals surface area contributed by atoms with Gasteiger partial charge in [-0.15, -0.1) is 0 Å². The van der Waals surface area contributed by atoms with Gasteiger partial charge in [-0.2, -0.15) is 0 Å². The maximum atomic E-state index is 2.56. The average Bonchev–Trinajstić information content (AvgIpc) is 3.23. The van der Waals surface area contributed by atoms with E-state index in [1.54, 1.807) is 11.1 Å². The molecule has 0 radical (unpaired) electrons. The van der Waals surface area contributed by atoms with Crippen LogP contribution in [0.1, 0.15) is 100 Å². The smallest absolute Gasteiger partial charge is 0.0215 e. The van der Waals surface area contributed by atoms with Crippen molar-refractivity contribution in [3.8, 4) is 33.4 Å². The van der Waals surface area contributed by atoms with Gasteiger partial charge in [-0.3, -0.25) is 0 Å². The van der Waals surface area contributed by atoms with Gasteiger partial charge in [-0.05, 0) is 83.3 Å². The zero-order valence-corrected chi connectivity index (χ0v) is 24.7. The Morgan fingerprint density at radius 3 is 1.21 bits per heavy atom. The Hall–Kier alpha value is -3.12. The molecule has 4 aromatic carbocycles. The van der Waals surface area contributed by atoms with Crippen molar-refractivity contribution in [3.63, 3.8) is 0 Å². The van der Waals surface area contributed by atoms with Crippen LogP contribution >= 0.6 is 0 Å². The molecule has 1 aliphatic carbocycles. The second-order valence-corrected chi connectivity index (χ2v) is 12.0. The Balaban J connectivity index is 1.64. The maximum Gasteiger partial charge on any atom is 0.0215 e. The highest BCUT2D eigenvalue weighted by Crippen LogP contribution is 2.55. The minimum atomic E-state index is 0.0908. The number of hydrogen-bond donors (Lipinski definition) is 0. The SMILES string of the molecule is CCCCCCC1(CCCCCC)c2cc(-c3ccc(C)cc3)ccc2-c2ccc(-c3ccc(C)cc3)cc21. The minimum Gasteiger partial charge on any atom is -0.0654 e. The highest BCUT2D eigenvalue weighted by molar-refractivity contribution is 5.86. The van der Waals surface area contributed by atoms with Gasteiger partial charge in [-0.1, -0.05) is 149 Å². The molecule has 0 atom stereocenters. The van der Waals surface area contributed by atoms with Crippen LogP contribution in [0.15, 0.2) is 84.9 Å². The van der Waals surface area contributed by atoms with Gasteiger partial charge in [0.25, 0.3) is 0 Å². The number of rotatable bonds is 12. The number of unbranched alkanes of at least 4 members (excludes halogenated alkanes) is 6. The lowest BCUT2D eigenvalue weighted by molar-refractivity contribution is 0.401. The van der Waals surface area contributed by atoms with Crippen LogP contribution in [0.25, 0.3) is 33.4 Å². The predicted molar refractivity (Wildman–Crippen MR) is 171 cm³/mol. The van der Waals surface area contributed by atoms with Crippen molar-refractivity contribution < 1.29 is 0 Å². The summed E-state index contributed by atoms with van der Waals surface area (Å²) in [4.78, 5) is 0. The third-order valence-corrected chi connectivity index (χ3v) is 9.04. The van der Waals surface area contributed by atoms with Crippen molar-refractivity contribution in [3.05, 3.63) is 107 Å². The third kappa shape index (κ3) is 5.76. The highest BCUT2D eigenvalue weighted by atomic mass is 14.5. The minimum absolute atomic E-state index is 0.0908. The molecule has 0 aliphatic heterocycles. The van der Waals surface area contributed by atoms with E-state index in [4.69, 9.17) is 0 Å². The second-order valence-electron chi connectivity index (χ2n) is 12.0. The monoisotopic (exact) mass is 514 g/mol. The van der Waals surface area contributed by atoms with Crippen molar-refractivity contribution >= 4 is 0 Å². The summed E-state index contributed by atoms with van der Waals surface area (Å²) in [5, 5.41) is 0. The summed E-state index contributed by atoms with van der Waals surface area (Å²) in [6.07, 6.45) is 13.0. The molecule has 1 aliphatic rings. The van der Waals surface area contributed by atoms with Crippen LogP contribution < -0.4 is 0 Å². The van der Waals surface area contributed by atoms with Crippen molar-refractivity contribution in [2.24, 2.45) is 0 Å². The first-order valence-corrected chi connectivity index (χ1v) is 15.5. The first kappa shape index (κ1) is 27.4. The molecule has 0 unspecified atom stereocenters. The summed E-state index contributed by atoms with van der Waals surface area (Å²) in [7, 11) is 0. The van der Waals surface area contributed by atoms with Crippen LogP contribution in [0.3, 0.4) is 0 Å². The van der Waals surface area contributed by atoms with Crippen LogP contribution in [0.2, 0.25) is 0 Å². The summed E-state index contributed by atoms with van der Waals surface area (Å²) < 4.78 is 0. The van der Waals surface area contributed by atoms with Gasteiger partial charge in [-0.25, -0.2) is 0 Å². The Morgan fingerprint density at radius 2 is 0.821 bits per heavy atom. The molecule has 5 rings (SSSR count). The van der Waals surface area contributed by atoms with Crippen molar-refractivity contribution in [1.29, 1.82) is 0 Å². The van der Waals surface area contributed by atoms with Gasteiger partial charge in [0.05, 0.1) is 0 Å². The summed E-state index contributed by atoms with van der Waals surface area (Å²) in [6, 6.07) is 32.8. The van der Waals surface area contributed by atoms with Gasteiger partial charge >= 0.3 is 0 Å². The molecule has 0 aromatic heterocycles.